The van der Waals surface area contributed by atoms with Gasteiger partial charge in [-0.05, 0) is 38.3 Å². The monoisotopic (exact) mass is 336 g/mol. The molecule has 0 radical (unpaired) electrons. The number of nitrogens with zero attached hydrogens (tertiary/aromatic N) is 3. The first-order chi connectivity index (χ1) is 12.1. The summed E-state index contributed by atoms with van der Waals surface area (Å²) in [5, 5.41) is 1.22. The molecule has 1 saturated heterocycles. The molecule has 1 unspecified atom stereocenters. The standard InChI is InChI=1S/C20H24N4O/c1-14-11-21-15(2)24(14)17-9-10-23(13-17)20(25)8-7-16-12-22-19-6-4-3-5-18(16)19/h3-6,11-12,17,22H,7-10,13H2,1-2H3. The number of nitrogens with one attached hydrogen (secondary N) is 1. The molecular formula is C20H24N4O. The third-order valence-corrected chi connectivity index (χ3v) is 5.33. The highest BCUT2D eigenvalue weighted by Gasteiger charge is 2.28. The minimum absolute atomic E-state index is 0.253. The first kappa shape index (κ1) is 15.9. The molecule has 130 valence electrons. The first-order valence-electron chi connectivity index (χ1n) is 8.96. The van der Waals surface area contributed by atoms with Crippen molar-refractivity contribution in [1.82, 2.24) is 19.4 Å². The van der Waals surface area contributed by atoms with E-state index < -0.39 is 0 Å². The van der Waals surface area contributed by atoms with Crippen LogP contribution < -0.4 is 0 Å². The molecule has 5 nitrogen and oxygen atoms in total. The number of fused-ring (bicyclic) bond motifs is 1. The Morgan fingerprint density at radius 3 is 2.96 bits per heavy atom. The minimum atomic E-state index is 0.253. The molecule has 4 rings (SSSR count). The van der Waals surface area contributed by atoms with Crippen LogP contribution in [0.5, 0.6) is 0 Å². The molecule has 1 amide bonds. The second-order valence-corrected chi connectivity index (χ2v) is 6.96. The average molecular weight is 336 g/mol. The van der Waals surface area contributed by atoms with Gasteiger partial charge in [0.15, 0.2) is 0 Å². The average Bonchev–Trinajstić information content (AvgIpc) is 3.32. The van der Waals surface area contributed by atoms with E-state index in [4.69, 9.17) is 0 Å². The van der Waals surface area contributed by atoms with Crippen molar-refractivity contribution >= 4 is 16.8 Å². The van der Waals surface area contributed by atoms with Gasteiger partial charge in [-0.25, -0.2) is 4.98 Å². The Morgan fingerprint density at radius 1 is 1.32 bits per heavy atom. The van der Waals surface area contributed by atoms with E-state index in [-0.39, 0.29) is 5.91 Å². The molecule has 1 aliphatic heterocycles. The van der Waals surface area contributed by atoms with Crippen molar-refractivity contribution in [2.75, 3.05) is 13.1 Å². The van der Waals surface area contributed by atoms with E-state index in [1.807, 2.05) is 36.4 Å². The van der Waals surface area contributed by atoms with Gasteiger partial charge in [-0.1, -0.05) is 18.2 Å². The fourth-order valence-corrected chi connectivity index (χ4v) is 4.04. The van der Waals surface area contributed by atoms with Gasteiger partial charge in [0, 0.05) is 48.5 Å². The predicted octanol–water partition coefficient (Wildman–Crippen LogP) is 3.39. The van der Waals surface area contributed by atoms with E-state index in [9.17, 15) is 4.79 Å². The summed E-state index contributed by atoms with van der Waals surface area (Å²) in [5.41, 5.74) is 3.54. The molecule has 0 aliphatic carbocycles. The van der Waals surface area contributed by atoms with Crippen LogP contribution in [0.4, 0.5) is 0 Å². The smallest absolute Gasteiger partial charge is 0.222 e. The van der Waals surface area contributed by atoms with Crippen LogP contribution >= 0.6 is 0 Å². The number of aromatic amines is 1. The molecular weight excluding hydrogens is 312 g/mol. The van der Waals surface area contributed by atoms with Crippen LogP contribution in [0, 0.1) is 13.8 Å². The number of aromatic nitrogens is 3. The maximum Gasteiger partial charge on any atom is 0.222 e. The Kier molecular flexibility index (Phi) is 4.07. The van der Waals surface area contributed by atoms with Gasteiger partial charge in [0.25, 0.3) is 0 Å². The number of likely N-dealkylation sites (tertiary alicyclic amines) is 1. The predicted molar refractivity (Wildman–Crippen MR) is 98.6 cm³/mol. The Bertz CT molecular complexity index is 888. The van der Waals surface area contributed by atoms with E-state index >= 15 is 0 Å². The molecule has 1 fully saturated rings. The highest BCUT2D eigenvalue weighted by atomic mass is 16.2. The zero-order valence-corrected chi connectivity index (χ0v) is 14.8. The number of hydrogen-bond acceptors (Lipinski definition) is 2. The molecule has 0 bridgehead atoms. The number of imidazole rings is 1. The largest absolute Gasteiger partial charge is 0.361 e. The van der Waals surface area contributed by atoms with Crippen molar-refractivity contribution in [1.29, 1.82) is 0 Å². The minimum Gasteiger partial charge on any atom is -0.361 e. The third kappa shape index (κ3) is 2.95. The maximum absolute atomic E-state index is 12.7. The van der Waals surface area contributed by atoms with E-state index in [1.54, 1.807) is 0 Å². The summed E-state index contributed by atoms with van der Waals surface area (Å²) in [4.78, 5) is 22.3. The number of amides is 1. The van der Waals surface area contributed by atoms with E-state index in [2.05, 4.69) is 33.6 Å². The van der Waals surface area contributed by atoms with Gasteiger partial charge >= 0.3 is 0 Å². The van der Waals surface area contributed by atoms with Gasteiger partial charge in [-0.3, -0.25) is 4.79 Å². The molecule has 1 aliphatic rings. The number of benzene rings is 1. The summed E-state index contributed by atoms with van der Waals surface area (Å²) in [6, 6.07) is 8.61. The zero-order chi connectivity index (χ0) is 17.4. The molecule has 3 aromatic rings. The zero-order valence-electron chi connectivity index (χ0n) is 14.8. The maximum atomic E-state index is 12.7. The van der Waals surface area contributed by atoms with Gasteiger partial charge in [-0.15, -0.1) is 0 Å². The number of carbonyl (C=O) groups excluding carboxylic acids is 1. The SMILES string of the molecule is Cc1cnc(C)n1C1CCN(C(=O)CCc2c[nH]c3ccccc23)C1. The molecule has 1 atom stereocenters. The van der Waals surface area contributed by atoms with Crippen LogP contribution in [-0.2, 0) is 11.2 Å². The topological polar surface area (TPSA) is 53.9 Å². The fourth-order valence-electron chi connectivity index (χ4n) is 4.04. The van der Waals surface area contributed by atoms with Crippen molar-refractivity contribution in [2.45, 2.75) is 39.2 Å². The van der Waals surface area contributed by atoms with Gasteiger partial charge in [-0.2, -0.15) is 0 Å². The van der Waals surface area contributed by atoms with E-state index in [1.165, 1.54) is 16.6 Å². The van der Waals surface area contributed by atoms with E-state index in [0.717, 1.165) is 37.3 Å². The summed E-state index contributed by atoms with van der Waals surface area (Å²) in [5.74, 6) is 1.29. The lowest BCUT2D eigenvalue weighted by Crippen LogP contribution is -2.29. The van der Waals surface area contributed by atoms with Crippen molar-refractivity contribution in [3.63, 3.8) is 0 Å². The summed E-state index contributed by atoms with van der Waals surface area (Å²) in [7, 11) is 0. The number of H-pyrrole nitrogens is 1. The number of hydrogen-bond donors (Lipinski definition) is 1. The van der Waals surface area contributed by atoms with Crippen LogP contribution in [0.15, 0.2) is 36.7 Å². The van der Waals surface area contributed by atoms with Crippen molar-refractivity contribution in [3.8, 4) is 0 Å². The van der Waals surface area contributed by atoms with Crippen molar-refractivity contribution in [3.05, 3.63) is 53.7 Å². The lowest BCUT2D eigenvalue weighted by Gasteiger charge is -2.19. The van der Waals surface area contributed by atoms with Gasteiger partial charge in [0.2, 0.25) is 5.91 Å². The molecule has 0 saturated carbocycles. The van der Waals surface area contributed by atoms with Crippen LogP contribution in [0.1, 0.15) is 36.0 Å². The van der Waals surface area contributed by atoms with Crippen molar-refractivity contribution in [2.24, 2.45) is 0 Å². The Morgan fingerprint density at radius 2 is 2.16 bits per heavy atom. The molecule has 2 aromatic heterocycles. The summed E-state index contributed by atoms with van der Waals surface area (Å²) in [6.07, 6.45) is 6.31. The van der Waals surface area contributed by atoms with Crippen molar-refractivity contribution < 1.29 is 4.79 Å². The highest BCUT2D eigenvalue weighted by molar-refractivity contribution is 5.84. The Labute approximate surface area is 147 Å². The molecule has 25 heavy (non-hydrogen) atoms. The molecule has 1 N–H and O–H groups in total. The van der Waals surface area contributed by atoms with Crippen LogP contribution in [0.2, 0.25) is 0 Å². The van der Waals surface area contributed by atoms with Crippen LogP contribution in [-0.4, -0.2) is 38.4 Å². The van der Waals surface area contributed by atoms with Gasteiger partial charge in [0.1, 0.15) is 5.82 Å². The first-order valence-corrected chi connectivity index (χ1v) is 8.96. The van der Waals surface area contributed by atoms with Crippen LogP contribution in [0.3, 0.4) is 0 Å². The fraction of sp³-hybridized carbons (Fsp3) is 0.400. The van der Waals surface area contributed by atoms with Gasteiger partial charge in [0.05, 0.1) is 6.04 Å². The molecule has 5 heteroatoms. The van der Waals surface area contributed by atoms with E-state index in [0.29, 0.717) is 12.5 Å². The number of carbonyl (C=O) groups is 1. The quantitative estimate of drug-likeness (QED) is 0.794. The Balaban J connectivity index is 1.39. The number of aryl methyl sites for hydroxylation is 3. The third-order valence-electron chi connectivity index (χ3n) is 5.33. The van der Waals surface area contributed by atoms with Crippen LogP contribution in [0.25, 0.3) is 10.9 Å². The summed E-state index contributed by atoms with van der Waals surface area (Å²) >= 11 is 0. The number of rotatable bonds is 4. The second kappa shape index (κ2) is 6.39. The molecule has 0 spiro atoms. The molecule has 3 heterocycles. The lowest BCUT2D eigenvalue weighted by molar-refractivity contribution is -0.130. The molecule has 1 aromatic carbocycles. The Hall–Kier alpha value is -2.56. The lowest BCUT2D eigenvalue weighted by atomic mass is 10.1. The van der Waals surface area contributed by atoms with Gasteiger partial charge < -0.3 is 14.5 Å². The summed E-state index contributed by atoms with van der Waals surface area (Å²) in [6.45, 7) is 5.76. The normalized spacial score (nSPS) is 17.5. The second-order valence-electron chi connectivity index (χ2n) is 6.96. The number of para-hydroxylation sites is 1. The highest BCUT2D eigenvalue weighted by Crippen LogP contribution is 2.26. The summed E-state index contributed by atoms with van der Waals surface area (Å²) < 4.78 is 2.27.